The minimum Gasteiger partial charge on any atom is -0.251 e. The summed E-state index contributed by atoms with van der Waals surface area (Å²) < 4.78 is 0. The summed E-state index contributed by atoms with van der Waals surface area (Å²) in [5.74, 6) is 0.223. The van der Waals surface area contributed by atoms with E-state index in [0.29, 0.717) is 0 Å². The Bertz CT molecular complexity index is 1540. The Morgan fingerprint density at radius 2 is 1.03 bits per heavy atom. The fraction of sp³-hybridized carbons (Fsp3) is 0.0312. The van der Waals surface area contributed by atoms with Crippen LogP contribution in [0.25, 0.3) is 33.4 Å². The van der Waals surface area contributed by atoms with Gasteiger partial charge in [-0.2, -0.15) is 0 Å². The van der Waals surface area contributed by atoms with Crippen molar-refractivity contribution in [2.75, 3.05) is 0 Å². The van der Waals surface area contributed by atoms with Gasteiger partial charge in [-0.1, -0.05) is 109 Å². The molecule has 1 unspecified atom stereocenters. The van der Waals surface area contributed by atoms with Gasteiger partial charge < -0.3 is 0 Å². The Morgan fingerprint density at radius 3 is 1.85 bits per heavy atom. The van der Waals surface area contributed by atoms with Crippen LogP contribution < -0.4 is 0 Å². The summed E-state index contributed by atoms with van der Waals surface area (Å²) in [5.41, 5.74) is 13.7. The molecular formula is C32H21N. The number of benzene rings is 5. The van der Waals surface area contributed by atoms with Crippen molar-refractivity contribution < 1.29 is 0 Å². The minimum atomic E-state index is 0.223. The third kappa shape index (κ3) is 2.83. The lowest BCUT2D eigenvalue weighted by Crippen LogP contribution is -2.18. The molecule has 2 aliphatic rings. The normalized spacial score (nSPS) is 15.2. The predicted molar refractivity (Wildman–Crippen MR) is 137 cm³/mol. The fourth-order valence-electron chi connectivity index (χ4n) is 5.36. The lowest BCUT2D eigenvalue weighted by molar-refractivity contribution is 1.10. The van der Waals surface area contributed by atoms with E-state index in [0.717, 1.165) is 5.69 Å². The summed E-state index contributed by atoms with van der Waals surface area (Å²) in [6.07, 6.45) is 0. The molecule has 5 aromatic carbocycles. The van der Waals surface area contributed by atoms with Gasteiger partial charge in [0.15, 0.2) is 0 Å². The Balaban J connectivity index is 1.35. The van der Waals surface area contributed by atoms with Crippen molar-refractivity contribution in [3.05, 3.63) is 138 Å². The lowest BCUT2D eigenvalue weighted by Gasteiger charge is -2.27. The van der Waals surface area contributed by atoms with E-state index in [9.17, 15) is 0 Å². The standard InChI is InChI=1S/C32H21N/c1-2-8-21(9-3-1)22-14-16-23(17-15-22)24-18-19-27-29(20-24)25-10-4-5-11-26(25)31-28-12-6-7-13-30(28)33-32(27)31/h1-20,31H. The van der Waals surface area contributed by atoms with Crippen molar-refractivity contribution >= 4 is 11.4 Å². The summed E-state index contributed by atoms with van der Waals surface area (Å²) in [6.45, 7) is 0. The van der Waals surface area contributed by atoms with Gasteiger partial charge in [-0.05, 0) is 56.6 Å². The summed E-state index contributed by atoms with van der Waals surface area (Å²) >= 11 is 0. The maximum atomic E-state index is 5.08. The molecule has 5 aromatic rings. The lowest BCUT2D eigenvalue weighted by atomic mass is 9.75. The molecule has 1 atom stereocenters. The molecule has 1 aliphatic carbocycles. The van der Waals surface area contributed by atoms with E-state index in [1.807, 2.05) is 0 Å². The quantitative estimate of drug-likeness (QED) is 0.273. The van der Waals surface area contributed by atoms with E-state index in [1.165, 1.54) is 55.8 Å². The van der Waals surface area contributed by atoms with E-state index >= 15 is 0 Å². The second-order valence-electron chi connectivity index (χ2n) is 8.78. The molecule has 33 heavy (non-hydrogen) atoms. The summed E-state index contributed by atoms with van der Waals surface area (Å²) in [6, 6.07) is 43.6. The van der Waals surface area contributed by atoms with Gasteiger partial charge >= 0.3 is 0 Å². The summed E-state index contributed by atoms with van der Waals surface area (Å²) in [5, 5.41) is 0. The van der Waals surface area contributed by atoms with Crippen LogP contribution >= 0.6 is 0 Å². The molecule has 7 rings (SSSR count). The largest absolute Gasteiger partial charge is 0.251 e. The van der Waals surface area contributed by atoms with Gasteiger partial charge in [-0.15, -0.1) is 0 Å². The van der Waals surface area contributed by atoms with E-state index < -0.39 is 0 Å². The molecule has 0 aromatic heterocycles. The topological polar surface area (TPSA) is 12.4 Å². The first-order valence-electron chi connectivity index (χ1n) is 11.4. The van der Waals surface area contributed by atoms with Crippen molar-refractivity contribution in [3.8, 4) is 33.4 Å². The van der Waals surface area contributed by atoms with Crippen LogP contribution in [0, 0.1) is 0 Å². The van der Waals surface area contributed by atoms with Gasteiger partial charge in [0.25, 0.3) is 0 Å². The average Bonchev–Trinajstić information content (AvgIpc) is 3.29. The predicted octanol–water partition coefficient (Wildman–Crippen LogP) is 8.27. The van der Waals surface area contributed by atoms with E-state index in [1.54, 1.807) is 0 Å². The molecular weight excluding hydrogens is 398 g/mol. The van der Waals surface area contributed by atoms with Gasteiger partial charge in [0, 0.05) is 5.56 Å². The second-order valence-corrected chi connectivity index (χ2v) is 8.78. The minimum absolute atomic E-state index is 0.223. The highest BCUT2D eigenvalue weighted by Gasteiger charge is 2.36. The van der Waals surface area contributed by atoms with Crippen LogP contribution in [0.15, 0.2) is 126 Å². The van der Waals surface area contributed by atoms with E-state index in [-0.39, 0.29) is 5.92 Å². The van der Waals surface area contributed by atoms with Crippen LogP contribution in [0.5, 0.6) is 0 Å². The molecule has 154 valence electrons. The molecule has 0 fully saturated rings. The number of aliphatic imine (C=N–C) groups is 1. The molecule has 0 bridgehead atoms. The van der Waals surface area contributed by atoms with Crippen LogP contribution in [0.4, 0.5) is 5.69 Å². The molecule has 1 aliphatic heterocycles. The van der Waals surface area contributed by atoms with E-state index in [4.69, 9.17) is 4.99 Å². The fourth-order valence-corrected chi connectivity index (χ4v) is 5.36. The number of nitrogens with zero attached hydrogens (tertiary/aromatic N) is 1. The summed E-state index contributed by atoms with van der Waals surface area (Å²) in [7, 11) is 0. The monoisotopic (exact) mass is 419 g/mol. The second kappa shape index (κ2) is 7.15. The molecule has 0 amide bonds. The third-order valence-corrected chi connectivity index (χ3v) is 6.94. The Morgan fingerprint density at radius 1 is 0.424 bits per heavy atom. The van der Waals surface area contributed by atoms with Gasteiger partial charge in [0.2, 0.25) is 0 Å². The zero-order chi connectivity index (χ0) is 21.8. The van der Waals surface area contributed by atoms with Gasteiger partial charge in [0.1, 0.15) is 0 Å². The van der Waals surface area contributed by atoms with Crippen LogP contribution in [0.3, 0.4) is 0 Å². The van der Waals surface area contributed by atoms with Crippen molar-refractivity contribution in [1.29, 1.82) is 0 Å². The highest BCUT2D eigenvalue weighted by atomic mass is 14.8. The van der Waals surface area contributed by atoms with Crippen LogP contribution in [0.2, 0.25) is 0 Å². The number of para-hydroxylation sites is 1. The highest BCUT2D eigenvalue weighted by Crippen LogP contribution is 2.49. The average molecular weight is 420 g/mol. The zero-order valence-corrected chi connectivity index (χ0v) is 18.1. The molecule has 0 radical (unpaired) electrons. The van der Waals surface area contributed by atoms with Crippen LogP contribution in [0.1, 0.15) is 22.6 Å². The molecule has 0 N–H and O–H groups in total. The first-order valence-corrected chi connectivity index (χ1v) is 11.4. The molecule has 1 heterocycles. The van der Waals surface area contributed by atoms with Gasteiger partial charge in [-0.3, -0.25) is 4.99 Å². The van der Waals surface area contributed by atoms with Crippen molar-refractivity contribution in [2.45, 2.75) is 5.92 Å². The van der Waals surface area contributed by atoms with Crippen LogP contribution in [-0.2, 0) is 0 Å². The first kappa shape index (κ1) is 18.4. The molecule has 0 saturated heterocycles. The Hall–Kier alpha value is -4.23. The highest BCUT2D eigenvalue weighted by molar-refractivity contribution is 6.18. The molecule has 1 nitrogen and oxygen atoms in total. The molecule has 0 saturated carbocycles. The van der Waals surface area contributed by atoms with Crippen molar-refractivity contribution in [2.24, 2.45) is 4.99 Å². The van der Waals surface area contributed by atoms with Crippen molar-refractivity contribution in [3.63, 3.8) is 0 Å². The van der Waals surface area contributed by atoms with Crippen molar-refractivity contribution in [1.82, 2.24) is 0 Å². The number of rotatable bonds is 2. The number of hydrogen-bond acceptors (Lipinski definition) is 1. The van der Waals surface area contributed by atoms with Gasteiger partial charge in [0.05, 0.1) is 17.3 Å². The Kier molecular flexibility index (Phi) is 3.97. The molecule has 1 heteroatoms. The Labute approximate surface area is 193 Å². The first-order chi connectivity index (χ1) is 16.4. The summed E-state index contributed by atoms with van der Waals surface area (Å²) in [4.78, 5) is 5.08. The SMILES string of the molecule is c1ccc(-c2ccc(-c3ccc4c(c3)-c3ccccc3C3C4=Nc4ccccc43)cc2)cc1. The maximum Gasteiger partial charge on any atom is 0.0675 e. The van der Waals surface area contributed by atoms with Crippen LogP contribution in [-0.4, -0.2) is 5.71 Å². The maximum absolute atomic E-state index is 5.08. The number of hydrogen-bond donors (Lipinski definition) is 0. The third-order valence-electron chi connectivity index (χ3n) is 6.94. The van der Waals surface area contributed by atoms with E-state index in [2.05, 4.69) is 121 Å². The smallest absolute Gasteiger partial charge is 0.0675 e. The van der Waals surface area contributed by atoms with Gasteiger partial charge in [-0.25, -0.2) is 0 Å². The number of fused-ring (bicyclic) bond motifs is 8. The zero-order valence-electron chi connectivity index (χ0n) is 18.1. The molecule has 0 spiro atoms.